The summed E-state index contributed by atoms with van der Waals surface area (Å²) < 4.78 is 39.7. The zero-order chi connectivity index (χ0) is 53.3. The van der Waals surface area contributed by atoms with Crippen LogP contribution in [0.1, 0.15) is 233 Å². The van der Waals surface area contributed by atoms with Gasteiger partial charge < -0.3 is 33.2 Å². The Morgan fingerprint density at radius 2 is 0.685 bits per heavy atom. The molecule has 0 N–H and O–H groups in total. The smallest absolute Gasteiger partial charge is 0.410 e. The van der Waals surface area contributed by atoms with Crippen molar-refractivity contribution < 1.29 is 66.7 Å². The lowest BCUT2D eigenvalue weighted by Crippen LogP contribution is -2.54. The number of rotatable bonds is 45. The van der Waals surface area contributed by atoms with Crippen molar-refractivity contribution in [3.63, 3.8) is 0 Å². The number of unbranched alkanes of at least 4 members (excludes halogenated alkanes) is 20. The zero-order valence-corrected chi connectivity index (χ0v) is 46.3. The molecule has 2 fully saturated rings. The van der Waals surface area contributed by atoms with Gasteiger partial charge >= 0.3 is 41.9 Å². The average molecular weight is 1040 g/mol. The van der Waals surface area contributed by atoms with E-state index in [1.165, 1.54) is 30.6 Å². The Morgan fingerprint density at radius 3 is 0.973 bits per heavy atom. The summed E-state index contributed by atoms with van der Waals surface area (Å²) in [5, 5.41) is 0. The van der Waals surface area contributed by atoms with Gasteiger partial charge in [-0.3, -0.25) is 38.6 Å². The van der Waals surface area contributed by atoms with Crippen LogP contribution in [0.5, 0.6) is 0 Å². The highest BCUT2D eigenvalue weighted by molar-refractivity contribution is 5.73. The molecule has 73 heavy (non-hydrogen) atoms. The summed E-state index contributed by atoms with van der Waals surface area (Å²) in [4.78, 5) is 94.9. The number of nitrogens with zero attached hydrogens (tertiary/aromatic N) is 2. The van der Waals surface area contributed by atoms with E-state index in [-0.39, 0.29) is 108 Å². The van der Waals surface area contributed by atoms with Gasteiger partial charge in [-0.25, -0.2) is 4.79 Å². The second-order valence-corrected chi connectivity index (χ2v) is 20.8. The Labute approximate surface area is 440 Å². The lowest BCUT2D eigenvalue weighted by atomic mass is 10.1. The van der Waals surface area contributed by atoms with Crippen LogP contribution in [-0.4, -0.2) is 130 Å². The molecule has 2 aliphatic rings. The predicted molar refractivity (Wildman–Crippen MR) is 280 cm³/mol. The van der Waals surface area contributed by atoms with Crippen molar-refractivity contribution in [2.45, 2.75) is 251 Å². The molecular weight excluding hydrogens is 937 g/mol. The van der Waals surface area contributed by atoms with E-state index in [4.69, 9.17) is 33.2 Å². The first-order chi connectivity index (χ1) is 35.4. The van der Waals surface area contributed by atoms with E-state index in [0.717, 1.165) is 103 Å². The number of carbonyl (C=O) groups is 7. The highest BCUT2D eigenvalue weighted by Crippen LogP contribution is 2.28. The number of likely N-dealkylation sites (tertiary alicyclic amines) is 2. The molecule has 0 spiro atoms. The van der Waals surface area contributed by atoms with Gasteiger partial charge in [0.25, 0.3) is 0 Å². The number of likely N-dealkylation sites (N-methyl/N-ethyl adjacent to an activating group) is 1. The Kier molecular flexibility index (Phi) is 37.8. The molecule has 0 aromatic heterocycles. The van der Waals surface area contributed by atoms with Crippen LogP contribution in [0.3, 0.4) is 0 Å². The summed E-state index contributed by atoms with van der Waals surface area (Å²) >= 11 is 0. The number of carbonyl (C=O) groups excluding carboxylic acids is 7. The SMILES string of the molecule is CCCCCCCCC(=O)OCC(COC(=O)CCCCCCCC)CC(=O)OC[C@@H]1CC[C@@H](COC(=O)CC(COC(=O)CCCCCCCC)COC(=O)CCCCCCCC)N1C(=O)OC1CN(C)C1. The van der Waals surface area contributed by atoms with Crippen molar-refractivity contribution in [3.8, 4) is 0 Å². The van der Waals surface area contributed by atoms with Crippen LogP contribution < -0.4 is 0 Å². The quantitative estimate of drug-likeness (QED) is 0.0318. The van der Waals surface area contributed by atoms with Gasteiger partial charge in [0.1, 0.15) is 19.3 Å². The van der Waals surface area contributed by atoms with Crippen molar-refractivity contribution in [2.75, 3.05) is 59.8 Å². The molecule has 2 aliphatic heterocycles. The summed E-state index contributed by atoms with van der Waals surface area (Å²) in [6, 6.07) is -1.15. The summed E-state index contributed by atoms with van der Waals surface area (Å²) in [6.45, 7) is 9.03. The summed E-state index contributed by atoms with van der Waals surface area (Å²) in [5.41, 5.74) is 0. The third-order valence-corrected chi connectivity index (χ3v) is 13.8. The van der Waals surface area contributed by atoms with Gasteiger partial charge in [-0.2, -0.15) is 0 Å². The van der Waals surface area contributed by atoms with Crippen LogP contribution in [0.15, 0.2) is 0 Å². The molecule has 0 aromatic rings. The lowest BCUT2D eigenvalue weighted by Gasteiger charge is -2.38. The van der Waals surface area contributed by atoms with Gasteiger partial charge in [-0.15, -0.1) is 0 Å². The number of esters is 6. The van der Waals surface area contributed by atoms with Gasteiger partial charge in [0.15, 0.2) is 0 Å². The molecule has 0 bridgehead atoms. The van der Waals surface area contributed by atoms with Crippen LogP contribution >= 0.6 is 0 Å². The highest BCUT2D eigenvalue weighted by atomic mass is 16.6. The van der Waals surface area contributed by atoms with Gasteiger partial charge in [0, 0.05) is 50.6 Å². The van der Waals surface area contributed by atoms with E-state index in [9.17, 15) is 33.6 Å². The predicted octanol–water partition coefficient (Wildman–Crippen LogP) is 11.5. The topological polar surface area (TPSA) is 191 Å². The standard InChI is InChI=1S/C57H100N2O14/c1-6-10-14-18-22-26-30-51(60)67-40-46(41-68-52(61)31-27-23-19-15-11-7-2)36-55(64)71-44-48-34-35-49(59(48)57(66)73-50-38-58(5)39-50)45-72-56(65)37-47(42-69-53(62)32-28-24-20-16-12-8-3)43-70-54(63)33-29-25-21-17-13-9-4/h46-50H,6-45H2,1-5H3/t48-,49-/m0/s1. The third-order valence-electron chi connectivity index (χ3n) is 13.8. The molecule has 16 heteroatoms. The van der Waals surface area contributed by atoms with Gasteiger partial charge in [-0.1, -0.05) is 156 Å². The largest absolute Gasteiger partial charge is 0.465 e. The molecule has 2 saturated heterocycles. The molecule has 2 rings (SSSR count). The van der Waals surface area contributed by atoms with Crippen LogP contribution in [0, 0.1) is 11.8 Å². The van der Waals surface area contributed by atoms with Crippen molar-refractivity contribution >= 4 is 41.9 Å². The maximum atomic E-state index is 13.8. The molecule has 422 valence electrons. The molecule has 0 radical (unpaired) electrons. The average Bonchev–Trinajstić information content (AvgIpc) is 3.78. The number of hydrogen-bond donors (Lipinski definition) is 0. The molecule has 0 aliphatic carbocycles. The van der Waals surface area contributed by atoms with Crippen molar-refractivity contribution in [1.82, 2.24) is 9.80 Å². The number of amides is 1. The highest BCUT2D eigenvalue weighted by Gasteiger charge is 2.41. The van der Waals surface area contributed by atoms with Crippen molar-refractivity contribution in [1.29, 1.82) is 0 Å². The van der Waals surface area contributed by atoms with E-state index < -0.39 is 42.0 Å². The minimum atomic E-state index is -0.626. The Bertz CT molecular complexity index is 1360. The summed E-state index contributed by atoms with van der Waals surface area (Å²) in [6.07, 6.45) is 25.3. The summed E-state index contributed by atoms with van der Waals surface area (Å²) in [5.74, 6) is -3.91. The third kappa shape index (κ3) is 32.9. The molecule has 1 amide bonds. The Morgan fingerprint density at radius 1 is 0.397 bits per heavy atom. The lowest BCUT2D eigenvalue weighted by molar-refractivity contribution is -0.156. The Hall–Kier alpha value is -3.95. The fraction of sp³-hybridized carbons (Fsp3) is 0.877. The van der Waals surface area contributed by atoms with E-state index in [2.05, 4.69) is 27.7 Å². The first kappa shape index (κ1) is 65.2. The molecule has 2 heterocycles. The van der Waals surface area contributed by atoms with E-state index in [1.807, 2.05) is 11.9 Å². The first-order valence-corrected chi connectivity index (χ1v) is 29.0. The number of ether oxygens (including phenoxy) is 7. The monoisotopic (exact) mass is 1040 g/mol. The molecule has 0 saturated carbocycles. The van der Waals surface area contributed by atoms with Crippen LogP contribution in [-0.2, 0) is 61.9 Å². The van der Waals surface area contributed by atoms with E-state index in [0.29, 0.717) is 51.6 Å². The van der Waals surface area contributed by atoms with E-state index in [1.54, 1.807) is 0 Å². The fourth-order valence-electron chi connectivity index (χ4n) is 9.14. The van der Waals surface area contributed by atoms with E-state index >= 15 is 0 Å². The molecule has 16 nitrogen and oxygen atoms in total. The normalized spacial score (nSPS) is 15.8. The van der Waals surface area contributed by atoms with Crippen LogP contribution in [0.4, 0.5) is 4.79 Å². The molecule has 0 unspecified atom stereocenters. The summed E-state index contributed by atoms with van der Waals surface area (Å²) in [7, 11) is 1.92. The van der Waals surface area contributed by atoms with Gasteiger partial charge in [0.2, 0.25) is 0 Å². The fourth-order valence-corrected chi connectivity index (χ4v) is 9.14. The minimum absolute atomic E-state index is 0.108. The second-order valence-electron chi connectivity index (χ2n) is 20.8. The van der Waals surface area contributed by atoms with Crippen molar-refractivity contribution in [2.24, 2.45) is 11.8 Å². The van der Waals surface area contributed by atoms with Crippen LogP contribution in [0.2, 0.25) is 0 Å². The molecule has 2 atom stereocenters. The van der Waals surface area contributed by atoms with Gasteiger partial charge in [0.05, 0.1) is 51.4 Å². The van der Waals surface area contributed by atoms with Gasteiger partial charge in [-0.05, 0) is 45.6 Å². The minimum Gasteiger partial charge on any atom is -0.465 e. The molecule has 0 aromatic carbocycles. The number of hydrogen-bond acceptors (Lipinski definition) is 15. The first-order valence-electron chi connectivity index (χ1n) is 29.0. The molecular formula is C57H100N2O14. The second kappa shape index (κ2) is 42.3. The Balaban J connectivity index is 2.05. The zero-order valence-electron chi connectivity index (χ0n) is 46.3. The maximum Gasteiger partial charge on any atom is 0.410 e. The van der Waals surface area contributed by atoms with Crippen molar-refractivity contribution in [3.05, 3.63) is 0 Å². The van der Waals surface area contributed by atoms with Crippen LogP contribution in [0.25, 0.3) is 0 Å². The maximum absolute atomic E-state index is 13.8.